The number of benzene rings is 4. The van der Waals surface area contributed by atoms with Crippen LogP contribution in [0.3, 0.4) is 0 Å². The highest BCUT2D eigenvalue weighted by molar-refractivity contribution is 9.10. The van der Waals surface area contributed by atoms with Crippen LogP contribution in [-0.2, 0) is 4.79 Å². The number of carbonyl (C=O) groups excluding carboxylic acids is 1. The van der Waals surface area contributed by atoms with E-state index < -0.39 is 0 Å². The van der Waals surface area contributed by atoms with Crippen LogP contribution in [-0.4, -0.2) is 26.8 Å². The van der Waals surface area contributed by atoms with Gasteiger partial charge in [0.2, 0.25) is 11.1 Å². The molecule has 0 unspecified atom stereocenters. The number of carbonyl (C=O) groups is 1. The normalized spacial score (nSPS) is 10.9. The van der Waals surface area contributed by atoms with E-state index in [1.807, 2.05) is 91.0 Å². The standard InChI is InChI=1S/C27H18Br2N4OS/c28-20-12-8-18(9-13-20)25-26(19-10-14-21(29)15-11-19)32-33-27(31-25)35-16-24(34)30-23-7-3-5-17-4-1-2-6-22(17)23/h1-15H,16H2,(H,30,34). The lowest BCUT2D eigenvalue weighted by Crippen LogP contribution is -2.14. The van der Waals surface area contributed by atoms with Crippen molar-refractivity contribution >= 4 is 66.0 Å². The number of fused-ring (bicyclic) bond motifs is 1. The van der Waals surface area contributed by atoms with Crippen LogP contribution in [0.4, 0.5) is 5.69 Å². The van der Waals surface area contributed by atoms with Gasteiger partial charge in [-0.25, -0.2) is 4.98 Å². The number of hydrogen-bond donors (Lipinski definition) is 1. The Balaban J connectivity index is 1.39. The summed E-state index contributed by atoms with van der Waals surface area (Å²) >= 11 is 8.22. The Labute approximate surface area is 223 Å². The van der Waals surface area contributed by atoms with Gasteiger partial charge in [-0.2, -0.15) is 0 Å². The lowest BCUT2D eigenvalue weighted by atomic mass is 10.0. The molecular formula is C27H18Br2N4OS. The highest BCUT2D eigenvalue weighted by Crippen LogP contribution is 2.31. The Hall–Kier alpha value is -3.07. The first kappa shape index (κ1) is 23.7. The summed E-state index contributed by atoms with van der Waals surface area (Å²) in [6, 6.07) is 29.6. The van der Waals surface area contributed by atoms with E-state index in [1.54, 1.807) is 0 Å². The van der Waals surface area contributed by atoms with Crippen LogP contribution in [0.25, 0.3) is 33.3 Å². The molecule has 0 saturated heterocycles. The molecule has 0 aliphatic rings. The fourth-order valence-corrected chi connectivity index (χ4v) is 4.75. The zero-order chi connectivity index (χ0) is 24.2. The van der Waals surface area contributed by atoms with Gasteiger partial charge >= 0.3 is 0 Å². The number of anilines is 1. The molecule has 1 heterocycles. The molecule has 0 aliphatic carbocycles. The molecule has 5 rings (SSSR count). The SMILES string of the molecule is O=C(CSc1nnc(-c2ccc(Br)cc2)c(-c2ccc(Br)cc2)n1)Nc1cccc2ccccc12. The van der Waals surface area contributed by atoms with Gasteiger partial charge in [0.25, 0.3) is 0 Å². The van der Waals surface area contributed by atoms with E-state index in [2.05, 4.69) is 47.4 Å². The summed E-state index contributed by atoms with van der Waals surface area (Å²) in [6.07, 6.45) is 0. The minimum absolute atomic E-state index is 0.128. The van der Waals surface area contributed by atoms with Crippen molar-refractivity contribution in [3.8, 4) is 22.5 Å². The van der Waals surface area contributed by atoms with Crippen molar-refractivity contribution in [3.05, 3.63) is 99.9 Å². The summed E-state index contributed by atoms with van der Waals surface area (Å²) in [5.74, 6) is 0.0413. The molecule has 1 amide bonds. The fraction of sp³-hybridized carbons (Fsp3) is 0.0370. The second-order valence-electron chi connectivity index (χ2n) is 7.67. The second-order valence-corrected chi connectivity index (χ2v) is 10.4. The van der Waals surface area contributed by atoms with Gasteiger partial charge in [0.15, 0.2) is 0 Å². The first-order valence-corrected chi connectivity index (χ1v) is 13.3. The number of thioether (sulfide) groups is 1. The van der Waals surface area contributed by atoms with Crippen molar-refractivity contribution in [2.45, 2.75) is 5.16 Å². The van der Waals surface area contributed by atoms with Gasteiger partial charge in [-0.1, -0.05) is 104 Å². The predicted molar refractivity (Wildman–Crippen MR) is 149 cm³/mol. The van der Waals surface area contributed by atoms with Gasteiger partial charge in [0.05, 0.1) is 5.75 Å². The Morgan fingerprint density at radius 2 is 1.37 bits per heavy atom. The number of rotatable bonds is 6. The van der Waals surface area contributed by atoms with E-state index >= 15 is 0 Å². The maximum absolute atomic E-state index is 12.7. The van der Waals surface area contributed by atoms with Crippen LogP contribution in [0.2, 0.25) is 0 Å². The molecule has 4 aromatic carbocycles. The average molecular weight is 606 g/mol. The number of halogens is 2. The van der Waals surface area contributed by atoms with E-state index in [9.17, 15) is 4.79 Å². The minimum atomic E-state index is -0.128. The molecule has 1 aromatic heterocycles. The van der Waals surface area contributed by atoms with Crippen molar-refractivity contribution in [3.63, 3.8) is 0 Å². The average Bonchev–Trinajstić information content (AvgIpc) is 2.89. The van der Waals surface area contributed by atoms with Crippen LogP contribution < -0.4 is 5.32 Å². The third-order valence-corrected chi connectivity index (χ3v) is 7.19. The maximum atomic E-state index is 12.7. The highest BCUT2D eigenvalue weighted by Gasteiger charge is 2.15. The number of hydrogen-bond acceptors (Lipinski definition) is 5. The predicted octanol–water partition coefficient (Wildman–Crippen LogP) is 7.61. The van der Waals surface area contributed by atoms with Crippen molar-refractivity contribution in [1.29, 1.82) is 0 Å². The lowest BCUT2D eigenvalue weighted by Gasteiger charge is -2.10. The molecule has 5 nitrogen and oxygen atoms in total. The Morgan fingerprint density at radius 3 is 2.09 bits per heavy atom. The van der Waals surface area contributed by atoms with Crippen LogP contribution in [0.5, 0.6) is 0 Å². The topological polar surface area (TPSA) is 67.8 Å². The van der Waals surface area contributed by atoms with E-state index in [-0.39, 0.29) is 11.7 Å². The minimum Gasteiger partial charge on any atom is -0.325 e. The summed E-state index contributed by atoms with van der Waals surface area (Å²) in [6.45, 7) is 0. The van der Waals surface area contributed by atoms with Crippen LogP contribution in [0, 0.1) is 0 Å². The molecule has 0 bridgehead atoms. The monoisotopic (exact) mass is 604 g/mol. The van der Waals surface area contributed by atoms with Crippen molar-refractivity contribution < 1.29 is 4.79 Å². The maximum Gasteiger partial charge on any atom is 0.234 e. The van der Waals surface area contributed by atoms with Crippen LogP contribution in [0.15, 0.2) is 105 Å². The van der Waals surface area contributed by atoms with E-state index in [0.29, 0.717) is 16.5 Å². The molecule has 0 saturated carbocycles. The second kappa shape index (κ2) is 10.7. The Morgan fingerprint density at radius 1 is 0.743 bits per heavy atom. The highest BCUT2D eigenvalue weighted by atomic mass is 79.9. The molecule has 0 radical (unpaired) electrons. The third kappa shape index (κ3) is 5.61. The van der Waals surface area contributed by atoms with Gasteiger partial charge in [-0.3, -0.25) is 4.79 Å². The summed E-state index contributed by atoms with van der Waals surface area (Å²) in [4.78, 5) is 17.5. The number of aromatic nitrogens is 3. The summed E-state index contributed by atoms with van der Waals surface area (Å²) in [7, 11) is 0. The quantitative estimate of drug-likeness (QED) is 0.202. The van der Waals surface area contributed by atoms with E-state index in [1.165, 1.54) is 11.8 Å². The van der Waals surface area contributed by atoms with Gasteiger partial charge in [-0.05, 0) is 35.7 Å². The van der Waals surface area contributed by atoms with Crippen LogP contribution >= 0.6 is 43.6 Å². The molecular weight excluding hydrogens is 588 g/mol. The summed E-state index contributed by atoms with van der Waals surface area (Å²) in [5, 5.41) is 14.3. The Kier molecular flexibility index (Phi) is 7.22. The van der Waals surface area contributed by atoms with Crippen molar-refractivity contribution in [2.75, 3.05) is 11.1 Å². The van der Waals surface area contributed by atoms with Crippen molar-refractivity contribution in [1.82, 2.24) is 15.2 Å². The molecule has 5 aromatic rings. The molecule has 172 valence electrons. The molecule has 0 spiro atoms. The largest absolute Gasteiger partial charge is 0.325 e. The molecule has 35 heavy (non-hydrogen) atoms. The van der Waals surface area contributed by atoms with E-state index in [4.69, 9.17) is 4.98 Å². The number of amides is 1. The Bertz CT molecular complexity index is 1500. The van der Waals surface area contributed by atoms with Gasteiger partial charge in [0.1, 0.15) is 11.4 Å². The first-order chi connectivity index (χ1) is 17.1. The van der Waals surface area contributed by atoms with Gasteiger partial charge in [0, 0.05) is 31.1 Å². The number of nitrogens with zero attached hydrogens (tertiary/aromatic N) is 3. The fourth-order valence-electron chi connectivity index (χ4n) is 3.63. The smallest absolute Gasteiger partial charge is 0.234 e. The summed E-state index contributed by atoms with van der Waals surface area (Å²) < 4.78 is 1.96. The van der Waals surface area contributed by atoms with Crippen LogP contribution in [0.1, 0.15) is 0 Å². The van der Waals surface area contributed by atoms with Crippen molar-refractivity contribution in [2.24, 2.45) is 0 Å². The molecule has 0 aliphatic heterocycles. The summed E-state index contributed by atoms with van der Waals surface area (Å²) in [5.41, 5.74) is 4.02. The molecule has 0 fully saturated rings. The molecule has 8 heteroatoms. The molecule has 1 N–H and O–H groups in total. The van der Waals surface area contributed by atoms with Gasteiger partial charge in [-0.15, -0.1) is 10.2 Å². The molecule has 0 atom stereocenters. The lowest BCUT2D eigenvalue weighted by molar-refractivity contribution is -0.113. The van der Waals surface area contributed by atoms with Gasteiger partial charge < -0.3 is 5.32 Å². The zero-order valence-electron chi connectivity index (χ0n) is 18.3. The number of nitrogens with one attached hydrogen (secondary N) is 1. The first-order valence-electron chi connectivity index (χ1n) is 10.7. The third-order valence-electron chi connectivity index (χ3n) is 5.30. The van der Waals surface area contributed by atoms with E-state index in [0.717, 1.165) is 36.5 Å². The zero-order valence-corrected chi connectivity index (χ0v) is 22.3.